The molecule has 0 saturated carbocycles. The Morgan fingerprint density at radius 3 is 2.84 bits per heavy atom. The molecule has 0 aliphatic rings. The zero-order chi connectivity index (χ0) is 13.7. The molecule has 0 radical (unpaired) electrons. The molecule has 1 aromatic carbocycles. The molecule has 19 heavy (non-hydrogen) atoms. The van der Waals surface area contributed by atoms with E-state index < -0.39 is 0 Å². The van der Waals surface area contributed by atoms with Crippen LogP contribution in [0.3, 0.4) is 0 Å². The Labute approximate surface area is 122 Å². The van der Waals surface area contributed by atoms with E-state index in [0.29, 0.717) is 5.88 Å². The van der Waals surface area contributed by atoms with Gasteiger partial charge in [-0.2, -0.15) is 0 Å². The Kier molecular flexibility index (Phi) is 5.05. The molecule has 1 heterocycles. The van der Waals surface area contributed by atoms with E-state index in [1.807, 2.05) is 23.6 Å². The van der Waals surface area contributed by atoms with Gasteiger partial charge in [-0.05, 0) is 12.1 Å². The molecular formula is C14H17ClN2OS. The van der Waals surface area contributed by atoms with Gasteiger partial charge in [0.05, 0.1) is 29.4 Å². The molecule has 0 aliphatic heterocycles. The topological polar surface area (TPSA) is 25.4 Å². The van der Waals surface area contributed by atoms with Gasteiger partial charge in [0.25, 0.3) is 0 Å². The summed E-state index contributed by atoms with van der Waals surface area (Å²) < 4.78 is 5.37. The number of anilines is 1. The van der Waals surface area contributed by atoms with Gasteiger partial charge in [0, 0.05) is 25.4 Å². The van der Waals surface area contributed by atoms with E-state index in [2.05, 4.69) is 23.0 Å². The van der Waals surface area contributed by atoms with Gasteiger partial charge in [0.1, 0.15) is 5.75 Å². The molecule has 0 fully saturated rings. The van der Waals surface area contributed by atoms with Crippen molar-refractivity contribution in [1.29, 1.82) is 0 Å². The molecule has 1 aromatic heterocycles. The van der Waals surface area contributed by atoms with Crippen molar-refractivity contribution < 1.29 is 4.74 Å². The number of rotatable bonds is 6. The Morgan fingerprint density at radius 1 is 1.37 bits per heavy atom. The lowest BCUT2D eigenvalue weighted by Crippen LogP contribution is -2.20. The van der Waals surface area contributed by atoms with Crippen molar-refractivity contribution in [2.45, 2.75) is 12.3 Å². The lowest BCUT2D eigenvalue weighted by molar-refractivity contribution is 0.415. The summed E-state index contributed by atoms with van der Waals surface area (Å²) in [5.74, 6) is 1.38. The fourth-order valence-electron chi connectivity index (χ4n) is 1.85. The first-order valence-electron chi connectivity index (χ1n) is 6.08. The van der Waals surface area contributed by atoms with Crippen LogP contribution in [0.2, 0.25) is 0 Å². The van der Waals surface area contributed by atoms with Crippen molar-refractivity contribution in [2.24, 2.45) is 0 Å². The fraction of sp³-hybridized carbons (Fsp3) is 0.357. The van der Waals surface area contributed by atoms with Gasteiger partial charge in [0.15, 0.2) is 0 Å². The maximum atomic E-state index is 5.76. The smallest absolute Gasteiger partial charge is 0.142 e. The highest BCUT2D eigenvalue weighted by Crippen LogP contribution is 2.26. The number of alkyl halides is 1. The van der Waals surface area contributed by atoms with Crippen LogP contribution in [-0.4, -0.2) is 25.7 Å². The van der Waals surface area contributed by atoms with Crippen LogP contribution in [0, 0.1) is 0 Å². The molecule has 0 bridgehead atoms. The summed E-state index contributed by atoms with van der Waals surface area (Å²) in [5, 5.41) is 3.14. The lowest BCUT2D eigenvalue weighted by atomic mass is 10.2. The molecule has 2 rings (SSSR count). The minimum absolute atomic E-state index is 0.485. The molecule has 0 aliphatic carbocycles. The molecule has 0 saturated heterocycles. The highest BCUT2D eigenvalue weighted by molar-refractivity contribution is 7.09. The molecule has 3 nitrogen and oxygen atoms in total. The molecule has 5 heteroatoms. The van der Waals surface area contributed by atoms with Gasteiger partial charge in [-0.3, -0.25) is 0 Å². The normalized spacial score (nSPS) is 10.5. The first-order chi connectivity index (χ1) is 9.24. The summed E-state index contributed by atoms with van der Waals surface area (Å²) >= 11 is 7.42. The summed E-state index contributed by atoms with van der Waals surface area (Å²) in [4.78, 5) is 6.65. The number of ether oxygens (including phenoxy) is 1. The summed E-state index contributed by atoms with van der Waals surface area (Å²) in [6.07, 6.45) is 0.913. The Hall–Kier alpha value is -1.26. The van der Waals surface area contributed by atoms with Crippen LogP contribution >= 0.6 is 22.9 Å². The molecule has 0 unspecified atom stereocenters. The largest absolute Gasteiger partial charge is 0.495 e. The third-order valence-electron chi connectivity index (χ3n) is 2.89. The molecular weight excluding hydrogens is 280 g/mol. The van der Waals surface area contributed by atoms with Crippen molar-refractivity contribution in [3.8, 4) is 5.75 Å². The minimum atomic E-state index is 0.485. The van der Waals surface area contributed by atoms with Gasteiger partial charge < -0.3 is 9.64 Å². The summed E-state index contributed by atoms with van der Waals surface area (Å²) in [6, 6.07) is 8.03. The maximum absolute atomic E-state index is 5.76. The molecule has 102 valence electrons. The number of nitrogens with zero attached hydrogens (tertiary/aromatic N) is 2. The second-order valence-corrected chi connectivity index (χ2v) is 5.42. The first-order valence-corrected chi connectivity index (χ1v) is 7.49. The molecule has 0 spiro atoms. The SMILES string of the molecule is COc1ccccc1N(C)CCc1nc(CCl)cs1. The number of thiazole rings is 1. The van der Waals surface area contributed by atoms with E-state index in [9.17, 15) is 0 Å². The van der Waals surface area contributed by atoms with Crippen LogP contribution in [0.15, 0.2) is 29.6 Å². The molecule has 0 amide bonds. The van der Waals surface area contributed by atoms with E-state index >= 15 is 0 Å². The number of para-hydroxylation sites is 2. The lowest BCUT2D eigenvalue weighted by Gasteiger charge is -2.21. The van der Waals surface area contributed by atoms with Gasteiger partial charge in [-0.25, -0.2) is 4.98 Å². The van der Waals surface area contributed by atoms with Crippen molar-refractivity contribution >= 4 is 28.6 Å². The van der Waals surface area contributed by atoms with Crippen molar-refractivity contribution in [3.05, 3.63) is 40.3 Å². The monoisotopic (exact) mass is 296 g/mol. The maximum Gasteiger partial charge on any atom is 0.142 e. The summed E-state index contributed by atoms with van der Waals surface area (Å²) in [5.41, 5.74) is 2.06. The van der Waals surface area contributed by atoms with E-state index in [0.717, 1.165) is 35.1 Å². The average Bonchev–Trinajstić information content (AvgIpc) is 2.92. The Balaban J connectivity index is 1.98. The fourth-order valence-corrected chi connectivity index (χ4v) is 2.87. The van der Waals surface area contributed by atoms with E-state index in [1.54, 1.807) is 18.4 Å². The number of halogens is 1. The predicted molar refractivity (Wildman–Crippen MR) is 81.6 cm³/mol. The number of hydrogen-bond acceptors (Lipinski definition) is 4. The minimum Gasteiger partial charge on any atom is -0.495 e. The number of likely N-dealkylation sites (N-methyl/N-ethyl adjacent to an activating group) is 1. The number of hydrogen-bond donors (Lipinski definition) is 0. The van der Waals surface area contributed by atoms with Crippen molar-refractivity contribution in [1.82, 2.24) is 4.98 Å². The standard InChI is InChI=1S/C14H17ClN2OS/c1-17(12-5-3-4-6-13(12)18-2)8-7-14-16-11(9-15)10-19-14/h3-6,10H,7-9H2,1-2H3. The van der Waals surface area contributed by atoms with E-state index in [1.165, 1.54) is 0 Å². The molecule has 0 atom stereocenters. The average molecular weight is 297 g/mol. The zero-order valence-corrected chi connectivity index (χ0v) is 12.7. The highest BCUT2D eigenvalue weighted by Gasteiger charge is 2.08. The third kappa shape index (κ3) is 3.61. The number of methoxy groups -OCH3 is 1. The number of benzene rings is 1. The van der Waals surface area contributed by atoms with Crippen molar-refractivity contribution in [3.63, 3.8) is 0 Å². The molecule has 0 N–H and O–H groups in total. The predicted octanol–water partition coefficient (Wildman–Crippen LogP) is 3.57. The number of aromatic nitrogens is 1. The van der Waals surface area contributed by atoms with Crippen LogP contribution in [0.1, 0.15) is 10.7 Å². The van der Waals surface area contributed by atoms with E-state index in [-0.39, 0.29) is 0 Å². The van der Waals surface area contributed by atoms with Crippen LogP contribution in [0.5, 0.6) is 5.75 Å². The van der Waals surface area contributed by atoms with Crippen LogP contribution in [0.4, 0.5) is 5.69 Å². The van der Waals surface area contributed by atoms with Gasteiger partial charge in [-0.1, -0.05) is 12.1 Å². The molecule has 2 aromatic rings. The van der Waals surface area contributed by atoms with Gasteiger partial charge in [-0.15, -0.1) is 22.9 Å². The zero-order valence-electron chi connectivity index (χ0n) is 11.1. The Bertz CT molecular complexity index is 530. The van der Waals surface area contributed by atoms with Gasteiger partial charge in [0.2, 0.25) is 0 Å². The Morgan fingerprint density at radius 2 is 2.16 bits per heavy atom. The van der Waals surface area contributed by atoms with Gasteiger partial charge >= 0.3 is 0 Å². The van der Waals surface area contributed by atoms with E-state index in [4.69, 9.17) is 16.3 Å². The second-order valence-electron chi connectivity index (χ2n) is 4.21. The highest BCUT2D eigenvalue weighted by atomic mass is 35.5. The first kappa shape index (κ1) is 14.2. The summed E-state index contributed by atoms with van der Waals surface area (Å²) in [6.45, 7) is 0.898. The van der Waals surface area contributed by atoms with Crippen LogP contribution < -0.4 is 9.64 Å². The third-order valence-corrected chi connectivity index (χ3v) is 4.12. The van der Waals surface area contributed by atoms with Crippen molar-refractivity contribution in [2.75, 3.05) is 25.6 Å². The second kappa shape index (κ2) is 6.78. The quantitative estimate of drug-likeness (QED) is 0.762. The summed E-state index contributed by atoms with van der Waals surface area (Å²) in [7, 11) is 3.76. The van der Waals surface area contributed by atoms with Crippen LogP contribution in [-0.2, 0) is 12.3 Å². The van der Waals surface area contributed by atoms with Crippen LogP contribution in [0.25, 0.3) is 0 Å².